The molecule has 160 valence electrons. The first-order chi connectivity index (χ1) is 14.4. The van der Waals surface area contributed by atoms with Gasteiger partial charge >= 0.3 is 0 Å². The molecule has 1 saturated carbocycles. The Hall–Kier alpha value is -2.21. The number of hydrogen-bond acceptors (Lipinski definition) is 2. The van der Waals surface area contributed by atoms with Gasteiger partial charge in [0.15, 0.2) is 0 Å². The second-order valence-corrected chi connectivity index (χ2v) is 8.89. The number of benzene rings is 2. The molecule has 0 bridgehead atoms. The first-order valence-electron chi connectivity index (χ1n) is 10.5. The lowest BCUT2D eigenvalue weighted by Gasteiger charge is -2.31. The summed E-state index contributed by atoms with van der Waals surface area (Å²) in [5, 5.41) is 3.13. The van der Waals surface area contributed by atoms with Gasteiger partial charge in [-0.2, -0.15) is 0 Å². The van der Waals surface area contributed by atoms with Crippen molar-refractivity contribution in [2.45, 2.75) is 64.1 Å². The van der Waals surface area contributed by atoms with Crippen molar-refractivity contribution in [3.05, 3.63) is 69.9 Å². The van der Waals surface area contributed by atoms with E-state index < -0.39 is 6.04 Å². The fourth-order valence-electron chi connectivity index (χ4n) is 3.86. The van der Waals surface area contributed by atoms with Crippen molar-refractivity contribution in [3.63, 3.8) is 0 Å². The van der Waals surface area contributed by atoms with Crippen LogP contribution in [0, 0.1) is 5.82 Å². The number of halogens is 2. The molecular formula is C24H28BrFN2O2. The number of nitrogens with one attached hydrogen (secondary N) is 1. The van der Waals surface area contributed by atoms with Crippen LogP contribution in [-0.4, -0.2) is 28.8 Å². The molecule has 0 aromatic heterocycles. The lowest BCUT2D eigenvalue weighted by molar-refractivity contribution is -0.140. The molecule has 6 heteroatoms. The number of nitrogens with zero attached hydrogens (tertiary/aromatic N) is 1. The largest absolute Gasteiger partial charge is 0.352 e. The number of hydrogen-bond donors (Lipinski definition) is 1. The topological polar surface area (TPSA) is 49.4 Å². The Kier molecular flexibility index (Phi) is 8.02. The van der Waals surface area contributed by atoms with E-state index in [1.165, 1.54) is 18.6 Å². The average Bonchev–Trinajstić information content (AvgIpc) is 2.74. The molecule has 0 heterocycles. The van der Waals surface area contributed by atoms with E-state index in [0.717, 1.165) is 41.3 Å². The Labute approximate surface area is 186 Å². The highest BCUT2D eigenvalue weighted by molar-refractivity contribution is 9.10. The molecule has 0 radical (unpaired) electrons. The van der Waals surface area contributed by atoms with E-state index in [0.29, 0.717) is 6.54 Å². The number of carbonyl (C=O) groups excluding carboxylic acids is 2. The highest BCUT2D eigenvalue weighted by Crippen LogP contribution is 2.19. The van der Waals surface area contributed by atoms with Crippen molar-refractivity contribution in [2.24, 2.45) is 0 Å². The van der Waals surface area contributed by atoms with Crippen molar-refractivity contribution in [1.29, 1.82) is 0 Å². The van der Waals surface area contributed by atoms with Gasteiger partial charge in [0.1, 0.15) is 11.9 Å². The Morgan fingerprint density at radius 1 is 1.10 bits per heavy atom. The van der Waals surface area contributed by atoms with Gasteiger partial charge < -0.3 is 10.2 Å². The third-order valence-corrected chi connectivity index (χ3v) is 6.12. The molecule has 1 aliphatic rings. The van der Waals surface area contributed by atoms with Gasteiger partial charge in [-0.1, -0.05) is 59.5 Å². The van der Waals surface area contributed by atoms with Crippen molar-refractivity contribution in [2.75, 3.05) is 0 Å². The van der Waals surface area contributed by atoms with E-state index in [4.69, 9.17) is 0 Å². The van der Waals surface area contributed by atoms with Crippen LogP contribution in [0.5, 0.6) is 0 Å². The molecule has 1 fully saturated rings. The standard InChI is InChI=1S/C24H28BrFN2O2/c1-17(24(30)27-22-8-3-2-4-9-22)28(16-19-6-5-7-20(25)14-19)23(29)15-18-10-12-21(26)13-11-18/h5-7,10-14,17,22H,2-4,8-9,15-16H2,1H3,(H,27,30). The van der Waals surface area contributed by atoms with Crippen LogP contribution in [0.2, 0.25) is 0 Å². The van der Waals surface area contributed by atoms with Crippen molar-refractivity contribution < 1.29 is 14.0 Å². The van der Waals surface area contributed by atoms with E-state index in [2.05, 4.69) is 21.2 Å². The molecule has 1 atom stereocenters. The first-order valence-corrected chi connectivity index (χ1v) is 11.3. The van der Waals surface area contributed by atoms with Gasteiger partial charge in [0.05, 0.1) is 6.42 Å². The maximum Gasteiger partial charge on any atom is 0.242 e. The van der Waals surface area contributed by atoms with Crippen LogP contribution in [0.1, 0.15) is 50.2 Å². The van der Waals surface area contributed by atoms with E-state index in [1.54, 1.807) is 24.0 Å². The minimum Gasteiger partial charge on any atom is -0.352 e. The SMILES string of the molecule is CC(C(=O)NC1CCCCC1)N(Cc1cccc(Br)c1)C(=O)Cc1ccc(F)cc1. The fraction of sp³-hybridized carbons (Fsp3) is 0.417. The van der Waals surface area contributed by atoms with Crippen LogP contribution < -0.4 is 5.32 Å². The molecular weight excluding hydrogens is 447 g/mol. The van der Waals surface area contributed by atoms with Gasteiger partial charge in [0, 0.05) is 17.1 Å². The molecule has 2 aromatic carbocycles. The Morgan fingerprint density at radius 2 is 1.80 bits per heavy atom. The molecule has 2 aromatic rings. The fourth-order valence-corrected chi connectivity index (χ4v) is 4.31. The van der Waals surface area contributed by atoms with Crippen LogP contribution in [-0.2, 0) is 22.6 Å². The molecule has 2 amide bonds. The maximum atomic E-state index is 13.2. The summed E-state index contributed by atoms with van der Waals surface area (Å²) in [6.07, 6.45) is 5.58. The van der Waals surface area contributed by atoms with Gasteiger partial charge in [-0.05, 0) is 55.2 Å². The third kappa shape index (κ3) is 6.39. The molecule has 30 heavy (non-hydrogen) atoms. The summed E-state index contributed by atoms with van der Waals surface area (Å²) in [5.74, 6) is -0.616. The minimum atomic E-state index is -0.598. The molecule has 0 spiro atoms. The summed E-state index contributed by atoms with van der Waals surface area (Å²) >= 11 is 3.46. The van der Waals surface area contributed by atoms with Crippen molar-refractivity contribution in [3.8, 4) is 0 Å². The predicted molar refractivity (Wildman–Crippen MR) is 119 cm³/mol. The monoisotopic (exact) mass is 474 g/mol. The second-order valence-electron chi connectivity index (χ2n) is 7.97. The third-order valence-electron chi connectivity index (χ3n) is 5.63. The van der Waals surface area contributed by atoms with E-state index >= 15 is 0 Å². The van der Waals surface area contributed by atoms with E-state index in [9.17, 15) is 14.0 Å². The van der Waals surface area contributed by atoms with Crippen molar-refractivity contribution >= 4 is 27.7 Å². The van der Waals surface area contributed by atoms with Gasteiger partial charge in [0.25, 0.3) is 0 Å². The Balaban J connectivity index is 1.75. The summed E-state index contributed by atoms with van der Waals surface area (Å²) < 4.78 is 14.1. The molecule has 0 aliphatic heterocycles. The quantitative estimate of drug-likeness (QED) is 0.613. The van der Waals surface area contributed by atoms with E-state index in [-0.39, 0.29) is 30.1 Å². The first kappa shape index (κ1) is 22.5. The molecule has 1 aliphatic carbocycles. The van der Waals surface area contributed by atoms with Crippen LogP contribution in [0.15, 0.2) is 53.0 Å². The van der Waals surface area contributed by atoms with Crippen LogP contribution in [0.25, 0.3) is 0 Å². The highest BCUT2D eigenvalue weighted by atomic mass is 79.9. The lowest BCUT2D eigenvalue weighted by atomic mass is 9.95. The predicted octanol–water partition coefficient (Wildman–Crippen LogP) is 5.00. The number of amides is 2. The summed E-state index contributed by atoms with van der Waals surface area (Å²) in [7, 11) is 0. The minimum absolute atomic E-state index is 0.120. The van der Waals surface area contributed by atoms with Gasteiger partial charge in [0.2, 0.25) is 11.8 Å². The summed E-state index contributed by atoms with van der Waals surface area (Å²) in [5.41, 5.74) is 1.66. The maximum absolute atomic E-state index is 13.2. The Morgan fingerprint density at radius 3 is 2.47 bits per heavy atom. The molecule has 1 N–H and O–H groups in total. The van der Waals surface area contributed by atoms with Crippen LogP contribution in [0.4, 0.5) is 4.39 Å². The summed E-state index contributed by atoms with van der Waals surface area (Å²) in [6, 6.07) is 13.2. The van der Waals surface area contributed by atoms with Crippen molar-refractivity contribution in [1.82, 2.24) is 10.2 Å². The van der Waals surface area contributed by atoms with Gasteiger partial charge in [-0.25, -0.2) is 4.39 Å². The van der Waals surface area contributed by atoms with Crippen LogP contribution in [0.3, 0.4) is 0 Å². The zero-order chi connectivity index (χ0) is 21.5. The normalized spacial score (nSPS) is 15.4. The summed E-state index contributed by atoms with van der Waals surface area (Å²) in [4.78, 5) is 27.7. The smallest absolute Gasteiger partial charge is 0.242 e. The van der Waals surface area contributed by atoms with Gasteiger partial charge in [-0.15, -0.1) is 0 Å². The number of carbonyl (C=O) groups is 2. The zero-order valence-corrected chi connectivity index (χ0v) is 18.8. The molecule has 1 unspecified atom stereocenters. The molecule has 0 saturated heterocycles. The van der Waals surface area contributed by atoms with Crippen LogP contribution >= 0.6 is 15.9 Å². The number of rotatable bonds is 7. The van der Waals surface area contributed by atoms with E-state index in [1.807, 2.05) is 24.3 Å². The zero-order valence-electron chi connectivity index (χ0n) is 17.2. The second kappa shape index (κ2) is 10.7. The highest BCUT2D eigenvalue weighted by Gasteiger charge is 2.28. The van der Waals surface area contributed by atoms with Gasteiger partial charge in [-0.3, -0.25) is 9.59 Å². The average molecular weight is 475 g/mol. The molecule has 3 rings (SSSR count). The molecule has 4 nitrogen and oxygen atoms in total. The summed E-state index contributed by atoms with van der Waals surface area (Å²) in [6.45, 7) is 2.11. The lowest BCUT2D eigenvalue weighted by Crippen LogP contribution is -2.50. The Bertz CT molecular complexity index is 866.